The van der Waals surface area contributed by atoms with Crippen LogP contribution in [0.4, 0.5) is 5.69 Å². The number of nitrogens with zero attached hydrogens (tertiary/aromatic N) is 1. The number of anilines is 1. The van der Waals surface area contributed by atoms with E-state index in [9.17, 15) is 4.79 Å². The van der Waals surface area contributed by atoms with Gasteiger partial charge in [0.15, 0.2) is 0 Å². The lowest BCUT2D eigenvalue weighted by atomic mass is 10.2. The number of nitrogens with one attached hydrogen (secondary N) is 1. The maximum atomic E-state index is 12.1. The molecule has 0 aliphatic rings. The van der Waals surface area contributed by atoms with Gasteiger partial charge in [0.05, 0.1) is 7.11 Å². The fourth-order valence-corrected chi connectivity index (χ4v) is 2.42. The summed E-state index contributed by atoms with van der Waals surface area (Å²) < 4.78 is 5.09. The Morgan fingerprint density at radius 1 is 1.09 bits per heavy atom. The summed E-state index contributed by atoms with van der Waals surface area (Å²) in [5.74, 6) is 0.707. The molecule has 0 bridgehead atoms. The highest BCUT2D eigenvalue weighted by atomic mass is 16.5. The van der Waals surface area contributed by atoms with Crippen LogP contribution in [-0.4, -0.2) is 32.7 Å². The van der Waals surface area contributed by atoms with Gasteiger partial charge in [0, 0.05) is 30.9 Å². The van der Waals surface area contributed by atoms with E-state index in [-0.39, 0.29) is 5.91 Å². The fraction of sp³-hybridized carbons (Fsp3) is 0.316. The number of carbonyl (C=O) groups excluding carboxylic acids is 1. The zero-order chi connectivity index (χ0) is 16.5. The van der Waals surface area contributed by atoms with Gasteiger partial charge in [-0.2, -0.15) is 0 Å². The third-order valence-electron chi connectivity index (χ3n) is 3.75. The smallest absolute Gasteiger partial charge is 0.251 e. The van der Waals surface area contributed by atoms with Crippen LogP contribution in [0.25, 0.3) is 0 Å². The van der Waals surface area contributed by atoms with Crippen LogP contribution in [0.1, 0.15) is 23.7 Å². The van der Waals surface area contributed by atoms with E-state index >= 15 is 0 Å². The number of hydrogen-bond acceptors (Lipinski definition) is 3. The Kier molecular flexibility index (Phi) is 6.48. The van der Waals surface area contributed by atoms with E-state index in [4.69, 9.17) is 4.74 Å². The van der Waals surface area contributed by atoms with Crippen LogP contribution < -0.4 is 15.0 Å². The van der Waals surface area contributed by atoms with Crippen molar-refractivity contribution in [2.75, 3.05) is 31.6 Å². The first-order chi connectivity index (χ1) is 11.2. The van der Waals surface area contributed by atoms with E-state index in [1.807, 2.05) is 18.2 Å². The number of rotatable bonds is 8. The lowest BCUT2D eigenvalue weighted by molar-refractivity contribution is 0.0953. The summed E-state index contributed by atoms with van der Waals surface area (Å²) in [4.78, 5) is 14.4. The van der Waals surface area contributed by atoms with Gasteiger partial charge in [-0.1, -0.05) is 18.2 Å². The molecular weight excluding hydrogens is 288 g/mol. The summed E-state index contributed by atoms with van der Waals surface area (Å²) in [6, 6.07) is 17.5. The Hall–Kier alpha value is -2.49. The summed E-state index contributed by atoms with van der Waals surface area (Å²) in [7, 11) is 1.61. The number of hydrogen-bond donors (Lipinski definition) is 1. The van der Waals surface area contributed by atoms with Crippen molar-refractivity contribution < 1.29 is 9.53 Å². The normalized spacial score (nSPS) is 10.2. The molecule has 0 heterocycles. The van der Waals surface area contributed by atoms with Crippen LogP contribution in [0.5, 0.6) is 5.75 Å². The number of para-hydroxylation sites is 1. The molecule has 0 unspecified atom stereocenters. The van der Waals surface area contributed by atoms with E-state index in [1.54, 1.807) is 31.4 Å². The average molecular weight is 312 g/mol. The maximum Gasteiger partial charge on any atom is 0.251 e. The van der Waals surface area contributed by atoms with Crippen LogP contribution in [0, 0.1) is 0 Å². The van der Waals surface area contributed by atoms with Crippen molar-refractivity contribution >= 4 is 11.6 Å². The second kappa shape index (κ2) is 8.83. The highest BCUT2D eigenvalue weighted by molar-refractivity contribution is 5.94. The van der Waals surface area contributed by atoms with E-state index in [1.165, 1.54) is 5.69 Å². The van der Waals surface area contributed by atoms with Crippen molar-refractivity contribution in [1.82, 2.24) is 5.32 Å². The van der Waals surface area contributed by atoms with Gasteiger partial charge in [-0.25, -0.2) is 0 Å². The molecule has 2 aromatic carbocycles. The molecule has 0 saturated heterocycles. The number of amides is 1. The van der Waals surface area contributed by atoms with Crippen molar-refractivity contribution in [3.8, 4) is 5.75 Å². The Morgan fingerprint density at radius 2 is 1.78 bits per heavy atom. The third kappa shape index (κ3) is 5.02. The topological polar surface area (TPSA) is 41.6 Å². The summed E-state index contributed by atoms with van der Waals surface area (Å²) >= 11 is 0. The molecule has 0 fully saturated rings. The van der Waals surface area contributed by atoms with Crippen LogP contribution in [0.3, 0.4) is 0 Å². The van der Waals surface area contributed by atoms with Gasteiger partial charge in [-0.3, -0.25) is 4.79 Å². The van der Waals surface area contributed by atoms with Crippen molar-refractivity contribution in [2.45, 2.75) is 13.3 Å². The molecule has 0 saturated carbocycles. The highest BCUT2D eigenvalue weighted by Gasteiger charge is 2.06. The highest BCUT2D eigenvalue weighted by Crippen LogP contribution is 2.13. The lowest BCUT2D eigenvalue weighted by Crippen LogP contribution is -2.29. The quantitative estimate of drug-likeness (QED) is 0.760. The van der Waals surface area contributed by atoms with Crippen LogP contribution in [-0.2, 0) is 0 Å². The summed E-state index contributed by atoms with van der Waals surface area (Å²) in [5.41, 5.74) is 1.87. The molecule has 0 aliphatic heterocycles. The van der Waals surface area contributed by atoms with Gasteiger partial charge in [-0.15, -0.1) is 0 Å². The Morgan fingerprint density at radius 3 is 2.39 bits per heavy atom. The zero-order valence-electron chi connectivity index (χ0n) is 13.8. The minimum absolute atomic E-state index is 0.0459. The molecule has 4 nitrogen and oxygen atoms in total. The number of methoxy groups -OCH3 is 1. The predicted molar refractivity (Wildman–Crippen MR) is 94.3 cm³/mol. The van der Waals surface area contributed by atoms with Crippen LogP contribution in [0.15, 0.2) is 54.6 Å². The van der Waals surface area contributed by atoms with Crippen LogP contribution in [0.2, 0.25) is 0 Å². The summed E-state index contributed by atoms with van der Waals surface area (Å²) in [6.45, 7) is 4.68. The second-order valence-corrected chi connectivity index (χ2v) is 5.25. The van der Waals surface area contributed by atoms with E-state index < -0.39 is 0 Å². The van der Waals surface area contributed by atoms with Gasteiger partial charge in [0.25, 0.3) is 5.91 Å². The monoisotopic (exact) mass is 312 g/mol. The molecule has 1 amide bonds. The first-order valence-electron chi connectivity index (χ1n) is 7.97. The van der Waals surface area contributed by atoms with E-state index in [0.29, 0.717) is 12.1 Å². The molecule has 0 radical (unpaired) electrons. The molecule has 2 aromatic rings. The average Bonchev–Trinajstić information content (AvgIpc) is 2.62. The van der Waals surface area contributed by atoms with Crippen molar-refractivity contribution in [3.63, 3.8) is 0 Å². The Balaban J connectivity index is 1.76. The number of carbonyl (C=O) groups is 1. The summed E-state index contributed by atoms with van der Waals surface area (Å²) in [5, 5.41) is 2.96. The van der Waals surface area contributed by atoms with Crippen molar-refractivity contribution in [3.05, 3.63) is 60.2 Å². The van der Waals surface area contributed by atoms with Crippen molar-refractivity contribution in [2.24, 2.45) is 0 Å². The molecule has 0 spiro atoms. The Bertz CT molecular complexity index is 597. The third-order valence-corrected chi connectivity index (χ3v) is 3.75. The molecule has 0 atom stereocenters. The minimum atomic E-state index is -0.0459. The molecule has 4 heteroatoms. The first-order valence-corrected chi connectivity index (χ1v) is 7.97. The maximum absolute atomic E-state index is 12.1. The number of benzene rings is 2. The molecule has 0 aliphatic carbocycles. The van der Waals surface area contributed by atoms with Gasteiger partial charge in [0.1, 0.15) is 5.75 Å². The molecule has 23 heavy (non-hydrogen) atoms. The molecule has 1 N–H and O–H groups in total. The second-order valence-electron chi connectivity index (χ2n) is 5.25. The zero-order valence-corrected chi connectivity index (χ0v) is 13.8. The standard InChI is InChI=1S/C19H24N2O2/c1-3-21(17-8-5-4-6-9-17)15-7-14-20-19(22)16-10-12-18(23-2)13-11-16/h4-6,8-13H,3,7,14-15H2,1-2H3,(H,20,22). The molecule has 0 aromatic heterocycles. The van der Waals surface area contributed by atoms with E-state index in [2.05, 4.69) is 29.3 Å². The van der Waals surface area contributed by atoms with Crippen molar-refractivity contribution in [1.29, 1.82) is 0 Å². The minimum Gasteiger partial charge on any atom is -0.497 e. The largest absolute Gasteiger partial charge is 0.497 e. The predicted octanol–water partition coefficient (Wildman–Crippen LogP) is 3.34. The van der Waals surface area contributed by atoms with E-state index in [0.717, 1.165) is 25.3 Å². The summed E-state index contributed by atoms with van der Waals surface area (Å²) in [6.07, 6.45) is 0.907. The molecular formula is C19H24N2O2. The van der Waals surface area contributed by atoms with Gasteiger partial charge >= 0.3 is 0 Å². The number of ether oxygens (including phenoxy) is 1. The Labute approximate surface area is 138 Å². The molecule has 2 rings (SSSR count). The SMILES string of the molecule is CCN(CCCNC(=O)c1ccc(OC)cc1)c1ccccc1. The molecule has 122 valence electrons. The first kappa shape index (κ1) is 16.9. The lowest BCUT2D eigenvalue weighted by Gasteiger charge is -2.23. The van der Waals surface area contributed by atoms with Gasteiger partial charge in [-0.05, 0) is 49.7 Å². The van der Waals surface area contributed by atoms with Gasteiger partial charge < -0.3 is 15.0 Å². The van der Waals surface area contributed by atoms with Gasteiger partial charge in [0.2, 0.25) is 0 Å². The van der Waals surface area contributed by atoms with Crippen LogP contribution >= 0.6 is 0 Å². The fourth-order valence-electron chi connectivity index (χ4n) is 2.42.